The van der Waals surface area contributed by atoms with Crippen molar-refractivity contribution in [2.75, 3.05) is 6.61 Å². The second kappa shape index (κ2) is 3.37. The molecule has 4 heteroatoms. The second-order valence-corrected chi connectivity index (χ2v) is 6.15. The van der Waals surface area contributed by atoms with E-state index >= 15 is 0 Å². The van der Waals surface area contributed by atoms with Gasteiger partial charge < -0.3 is 0 Å². The summed E-state index contributed by atoms with van der Waals surface area (Å²) < 4.78 is 40.5. The van der Waals surface area contributed by atoms with Crippen LogP contribution in [0.2, 0.25) is 0 Å². The number of rotatable bonds is 2. The Labute approximate surface area is 93.3 Å². The van der Waals surface area contributed by atoms with Crippen molar-refractivity contribution in [2.24, 2.45) is 23.2 Å². The summed E-state index contributed by atoms with van der Waals surface area (Å²) in [5, 5.41) is 0. The van der Waals surface area contributed by atoms with Gasteiger partial charge in [-0.1, -0.05) is 0 Å². The van der Waals surface area contributed by atoms with Crippen LogP contribution in [0.3, 0.4) is 0 Å². The Morgan fingerprint density at radius 1 is 0.938 bits per heavy atom. The Balaban J connectivity index is 1.69. The highest BCUT2D eigenvalue weighted by Crippen LogP contribution is 2.60. The van der Waals surface area contributed by atoms with Crippen LogP contribution in [0.15, 0.2) is 0 Å². The molecule has 0 atom stereocenters. The molecular weight excluding hydrogens is 217 g/mol. The van der Waals surface area contributed by atoms with E-state index in [2.05, 4.69) is 4.74 Å². The summed E-state index contributed by atoms with van der Waals surface area (Å²) in [5.41, 5.74) is -0.135. The molecule has 0 unspecified atom stereocenters. The van der Waals surface area contributed by atoms with Crippen molar-refractivity contribution in [2.45, 2.75) is 44.9 Å². The molecule has 4 aliphatic rings. The summed E-state index contributed by atoms with van der Waals surface area (Å²) in [5.74, 6) is 2.05. The van der Waals surface area contributed by atoms with E-state index in [0.717, 1.165) is 19.3 Å². The zero-order chi connectivity index (χ0) is 11.4. The van der Waals surface area contributed by atoms with Crippen LogP contribution in [-0.4, -0.2) is 13.0 Å². The highest BCUT2D eigenvalue weighted by Gasteiger charge is 2.52. The SMILES string of the molecule is FC(F)(F)OCC12CC3CC(CC(C3)C1)C2. The Morgan fingerprint density at radius 2 is 1.38 bits per heavy atom. The lowest BCUT2D eigenvalue weighted by atomic mass is 9.50. The Bertz CT molecular complexity index is 249. The third-order valence-corrected chi connectivity index (χ3v) is 4.71. The standard InChI is InChI=1S/C12H17F3O/c13-12(14,15)16-7-11-4-8-1-9(5-11)3-10(2-8)6-11/h8-10H,1-7H2. The van der Waals surface area contributed by atoms with E-state index in [4.69, 9.17) is 0 Å². The number of alkyl halides is 3. The van der Waals surface area contributed by atoms with Crippen LogP contribution in [-0.2, 0) is 4.74 Å². The maximum absolute atomic E-state index is 12.1. The van der Waals surface area contributed by atoms with E-state index in [9.17, 15) is 13.2 Å². The lowest BCUT2D eigenvalue weighted by molar-refractivity contribution is -0.339. The van der Waals surface area contributed by atoms with Gasteiger partial charge in [0.1, 0.15) is 0 Å². The van der Waals surface area contributed by atoms with E-state index in [1.54, 1.807) is 0 Å². The first-order valence-corrected chi connectivity index (χ1v) is 6.15. The Kier molecular flexibility index (Phi) is 2.29. The molecule has 4 bridgehead atoms. The summed E-state index contributed by atoms with van der Waals surface area (Å²) >= 11 is 0. The summed E-state index contributed by atoms with van der Waals surface area (Å²) in [6, 6.07) is 0. The molecule has 92 valence electrons. The van der Waals surface area contributed by atoms with Gasteiger partial charge in [0.05, 0.1) is 6.61 Å². The zero-order valence-corrected chi connectivity index (χ0v) is 9.22. The highest BCUT2D eigenvalue weighted by atomic mass is 19.4. The molecule has 16 heavy (non-hydrogen) atoms. The van der Waals surface area contributed by atoms with Gasteiger partial charge in [0, 0.05) is 0 Å². The van der Waals surface area contributed by atoms with Crippen molar-refractivity contribution in [3.05, 3.63) is 0 Å². The second-order valence-electron chi connectivity index (χ2n) is 6.15. The predicted molar refractivity (Wildman–Crippen MR) is 52.6 cm³/mol. The fraction of sp³-hybridized carbons (Fsp3) is 1.00. The largest absolute Gasteiger partial charge is 0.522 e. The monoisotopic (exact) mass is 234 g/mol. The van der Waals surface area contributed by atoms with Crippen LogP contribution < -0.4 is 0 Å². The van der Waals surface area contributed by atoms with Gasteiger partial charge in [-0.05, 0) is 61.7 Å². The van der Waals surface area contributed by atoms with Crippen LogP contribution in [0.4, 0.5) is 13.2 Å². The van der Waals surface area contributed by atoms with E-state index in [-0.39, 0.29) is 12.0 Å². The highest BCUT2D eigenvalue weighted by molar-refractivity contribution is 5.01. The normalized spacial score (nSPS) is 46.3. The molecule has 0 spiro atoms. The summed E-state index contributed by atoms with van der Waals surface area (Å²) in [6.07, 6.45) is 2.21. The minimum absolute atomic E-state index is 0.0972. The fourth-order valence-corrected chi connectivity index (χ4v) is 4.70. The van der Waals surface area contributed by atoms with Crippen LogP contribution in [0.25, 0.3) is 0 Å². The quantitative estimate of drug-likeness (QED) is 0.707. The summed E-state index contributed by atoms with van der Waals surface area (Å²) in [7, 11) is 0. The molecule has 0 aromatic rings. The summed E-state index contributed by atoms with van der Waals surface area (Å²) in [6.45, 7) is -0.0972. The van der Waals surface area contributed by atoms with Crippen molar-refractivity contribution < 1.29 is 17.9 Å². The number of halogens is 3. The van der Waals surface area contributed by atoms with Gasteiger partial charge in [0.15, 0.2) is 0 Å². The molecule has 4 saturated carbocycles. The number of ether oxygens (including phenoxy) is 1. The third-order valence-electron chi connectivity index (χ3n) is 4.71. The predicted octanol–water partition coefficient (Wildman–Crippen LogP) is 3.74. The van der Waals surface area contributed by atoms with Crippen LogP contribution >= 0.6 is 0 Å². The molecule has 0 radical (unpaired) electrons. The topological polar surface area (TPSA) is 9.23 Å². The minimum atomic E-state index is -4.46. The van der Waals surface area contributed by atoms with Crippen molar-refractivity contribution in [1.29, 1.82) is 0 Å². The molecular formula is C12H17F3O. The lowest BCUT2D eigenvalue weighted by Crippen LogP contribution is -2.48. The first-order chi connectivity index (χ1) is 7.44. The van der Waals surface area contributed by atoms with Crippen LogP contribution in [0.1, 0.15) is 38.5 Å². The van der Waals surface area contributed by atoms with Gasteiger partial charge in [0.25, 0.3) is 0 Å². The molecule has 4 fully saturated rings. The third kappa shape index (κ3) is 1.96. The number of hydrogen-bond donors (Lipinski definition) is 0. The van der Waals surface area contributed by atoms with Gasteiger partial charge in [-0.15, -0.1) is 13.2 Å². The van der Waals surface area contributed by atoms with Crippen molar-refractivity contribution in [3.8, 4) is 0 Å². The van der Waals surface area contributed by atoms with E-state index < -0.39 is 6.36 Å². The lowest BCUT2D eigenvalue weighted by Gasteiger charge is -2.56. The van der Waals surface area contributed by atoms with Gasteiger partial charge >= 0.3 is 6.36 Å². The molecule has 0 saturated heterocycles. The molecule has 0 aromatic heterocycles. The van der Waals surface area contributed by atoms with Gasteiger partial charge in [-0.3, -0.25) is 4.74 Å². The van der Waals surface area contributed by atoms with Crippen molar-refractivity contribution >= 4 is 0 Å². The van der Waals surface area contributed by atoms with Crippen molar-refractivity contribution in [1.82, 2.24) is 0 Å². The van der Waals surface area contributed by atoms with Crippen LogP contribution in [0.5, 0.6) is 0 Å². The smallest absolute Gasteiger partial charge is 0.291 e. The van der Waals surface area contributed by atoms with Gasteiger partial charge in [-0.25, -0.2) is 0 Å². The van der Waals surface area contributed by atoms with E-state index in [0.29, 0.717) is 17.8 Å². The van der Waals surface area contributed by atoms with Gasteiger partial charge in [-0.2, -0.15) is 0 Å². The molecule has 0 aliphatic heterocycles. The first kappa shape index (κ1) is 10.9. The fourth-order valence-electron chi connectivity index (χ4n) is 4.70. The average molecular weight is 234 g/mol. The zero-order valence-electron chi connectivity index (χ0n) is 9.22. The summed E-state index contributed by atoms with van der Waals surface area (Å²) in [4.78, 5) is 0. The molecule has 0 aromatic carbocycles. The molecule has 0 amide bonds. The molecule has 4 rings (SSSR count). The molecule has 0 heterocycles. The van der Waals surface area contributed by atoms with Crippen molar-refractivity contribution in [3.63, 3.8) is 0 Å². The maximum Gasteiger partial charge on any atom is 0.522 e. The average Bonchev–Trinajstić information content (AvgIpc) is 2.11. The molecule has 0 N–H and O–H groups in total. The molecule has 1 nitrogen and oxygen atoms in total. The van der Waals surface area contributed by atoms with Crippen LogP contribution in [0, 0.1) is 23.2 Å². The van der Waals surface area contributed by atoms with E-state index in [1.165, 1.54) is 19.3 Å². The Hall–Kier alpha value is -0.250. The molecule has 4 aliphatic carbocycles. The minimum Gasteiger partial charge on any atom is -0.291 e. The van der Waals surface area contributed by atoms with E-state index in [1.807, 2.05) is 0 Å². The number of hydrogen-bond acceptors (Lipinski definition) is 1. The van der Waals surface area contributed by atoms with Gasteiger partial charge in [0.2, 0.25) is 0 Å². The Morgan fingerprint density at radius 3 is 1.75 bits per heavy atom. The first-order valence-electron chi connectivity index (χ1n) is 6.15. The maximum atomic E-state index is 12.1.